The lowest BCUT2D eigenvalue weighted by Gasteiger charge is -2.35. The third kappa shape index (κ3) is 84.4. The predicted octanol–water partition coefficient (Wildman–Crippen LogP) is 25.0. The van der Waals surface area contributed by atoms with Gasteiger partial charge in [0.15, 0.2) is 0 Å². The van der Waals surface area contributed by atoms with Crippen LogP contribution < -0.4 is 0 Å². The highest BCUT2D eigenvalue weighted by Crippen LogP contribution is 2.40. The fourth-order valence-corrected chi connectivity index (χ4v) is 9.01. The van der Waals surface area contributed by atoms with Crippen molar-refractivity contribution in [2.75, 3.05) is 0 Å². The smallest absolute Gasteiger partial charge is 0.131 e. The summed E-state index contributed by atoms with van der Waals surface area (Å²) in [6.45, 7) is 52.7. The lowest BCUT2D eigenvalue weighted by atomic mass is 9.68. The van der Waals surface area contributed by atoms with Crippen molar-refractivity contribution < 1.29 is 28.8 Å². The summed E-state index contributed by atoms with van der Waals surface area (Å²) >= 11 is 0. The van der Waals surface area contributed by atoms with Crippen molar-refractivity contribution >= 4 is 34.7 Å². The van der Waals surface area contributed by atoms with E-state index in [0.29, 0.717) is 74.0 Å². The van der Waals surface area contributed by atoms with Crippen molar-refractivity contribution in [3.63, 3.8) is 0 Å². The van der Waals surface area contributed by atoms with Gasteiger partial charge in [-0.1, -0.05) is 289 Å². The third-order valence-corrected chi connectivity index (χ3v) is 17.3. The first-order valence-electron chi connectivity index (χ1n) is 40.6. The van der Waals surface area contributed by atoms with E-state index in [1.54, 1.807) is 53.7 Å². The maximum atomic E-state index is 10.9. The first-order valence-corrected chi connectivity index (χ1v) is 40.6. The molecular formula is C109H146O6. The van der Waals surface area contributed by atoms with Gasteiger partial charge in [-0.15, -0.1) is 60.7 Å². The molecule has 0 amide bonds. The maximum absolute atomic E-state index is 10.9. The fourth-order valence-electron chi connectivity index (χ4n) is 9.01. The van der Waals surface area contributed by atoms with Crippen molar-refractivity contribution in [1.29, 1.82) is 0 Å². The third-order valence-electron chi connectivity index (χ3n) is 17.3. The quantitative estimate of drug-likeness (QED) is 0.0470. The van der Waals surface area contributed by atoms with Gasteiger partial charge >= 0.3 is 0 Å². The second kappa shape index (κ2) is 75.0. The Morgan fingerprint density at radius 2 is 0.557 bits per heavy atom. The molecule has 0 spiro atoms. The van der Waals surface area contributed by atoms with Crippen molar-refractivity contribution in [3.05, 3.63) is 146 Å². The van der Waals surface area contributed by atoms with Gasteiger partial charge in [-0.3, -0.25) is 19.2 Å². The van der Waals surface area contributed by atoms with Gasteiger partial charge in [-0.05, 0) is 187 Å². The number of carbonyl (C=O) groups excluding carboxylic acids is 6. The van der Waals surface area contributed by atoms with Gasteiger partial charge in [0.05, 0.1) is 0 Å². The molecule has 6 nitrogen and oxygen atoms in total. The van der Waals surface area contributed by atoms with Gasteiger partial charge in [0.2, 0.25) is 0 Å². The van der Waals surface area contributed by atoms with Crippen LogP contribution in [0.15, 0.2) is 146 Å². The van der Waals surface area contributed by atoms with Crippen LogP contribution in [-0.2, 0) is 28.8 Å². The van der Waals surface area contributed by atoms with Crippen LogP contribution in [0.25, 0.3) is 0 Å². The van der Waals surface area contributed by atoms with Gasteiger partial charge in [0.1, 0.15) is 34.7 Å². The molecule has 0 aliphatic carbocycles. The summed E-state index contributed by atoms with van der Waals surface area (Å²) < 4.78 is 0. The molecule has 0 aromatic rings. The lowest BCUT2D eigenvalue weighted by molar-refractivity contribution is -0.118. The number of hydrogen-bond acceptors (Lipinski definition) is 6. The molecule has 0 aliphatic heterocycles. The van der Waals surface area contributed by atoms with Crippen LogP contribution >= 0.6 is 0 Å². The van der Waals surface area contributed by atoms with Crippen LogP contribution in [-0.4, -0.2) is 34.7 Å². The molecule has 0 aromatic carbocycles. The summed E-state index contributed by atoms with van der Waals surface area (Å²) in [5, 5.41) is 0. The topological polar surface area (TPSA) is 102 Å². The molecule has 0 heterocycles. The molecule has 0 rings (SSSR count). The SMILES string of the molecule is C#CC(C)(C)C(C)(C)/C=C/C=C/C#C[C@@H](C)CC(C)=O.C#CC[C@@H](C)/C=C/C=C/C#C[C@@H](C)CC(C)=O.C#CC[C@@H](C)/C=C/C=C/C#C[C@@H](C)CCCC(C)=O.CC#CC(C)(C)C(C)(C)/C=C/C=C/C#C[C@@H](C)CC(C)=O.CC#CC[C@@H](C)/C=C/C=C/C#C[C@@H](C)CC(C)=O.CC#CC[C@@H](C)/C=C/C=C/C#C[C@@H](C)CCCC(C)=O. The zero-order valence-corrected chi connectivity index (χ0v) is 76.2. The largest absolute Gasteiger partial charge is 0.300 e. The molecule has 0 bridgehead atoms. The van der Waals surface area contributed by atoms with Crippen molar-refractivity contribution in [3.8, 4) is 144 Å². The lowest BCUT2D eigenvalue weighted by Crippen LogP contribution is -2.29. The highest BCUT2D eigenvalue weighted by molar-refractivity contribution is 5.77. The standard InChI is InChI=1S/C20H28O.2C19H26O.C18H24O.C17H22O.C16H20O/c1-8-14-19(4,5)20(6,7)15-12-10-9-11-13-17(2)16-18(3)21;1-8-18(4,5)19(6,7)14-12-10-9-11-13-16(2)15-17(3)20;1-5-6-12-17(2)13-9-7-8-10-14-18(3)15-11-16-19(4)20;1-5-11-16(2)12-8-6-7-9-13-17(3)14-10-15-18(4)19;1-5-6-11-15(2)12-9-7-8-10-13-16(3)14-17(4)18;1-5-10-14(2)11-8-6-7-9-12-15(3)13-16(4)17/h9-10,12,15,17H,16H2,1-7H3;1,9-10,12,14,16H,15H2,2-7H3;7-9,13,17-18H,11-12,15-16H2,1-4H3;1,6-8,12,16-17H,10-11,14-15H2,2-4H3;7-9,12,15-16H,11,14H2,1-4H3;1,6-8,11,14-15H,10,13H2,2-4H3/b10-9+,15-12+;10-9+,14-12+;8-7+,13-9+;7-6+,12-8+;8-7+,12-9+;7-6+,11-8+/t17-;16-;17-,18-;16-,17-;15-,16-;14-,15-/m111111/s1. The van der Waals surface area contributed by atoms with Gasteiger partial charge in [-0.2, -0.15) is 0 Å². The second-order valence-electron chi connectivity index (χ2n) is 31.6. The van der Waals surface area contributed by atoms with Crippen LogP contribution in [0.4, 0.5) is 0 Å². The van der Waals surface area contributed by atoms with E-state index in [0.717, 1.165) is 51.4 Å². The highest BCUT2D eigenvalue weighted by atomic mass is 16.1. The van der Waals surface area contributed by atoms with Crippen LogP contribution in [0, 0.1) is 224 Å². The number of hydrogen-bond donors (Lipinski definition) is 0. The number of Topliss-reactive ketones (excluding diaryl/α,β-unsaturated/α-hetero) is 6. The Morgan fingerprint density at radius 1 is 0.313 bits per heavy atom. The molecule has 10 atom stereocenters. The molecule has 0 unspecified atom stereocenters. The Morgan fingerprint density at radius 3 is 0.783 bits per heavy atom. The number of ketones is 6. The molecule has 0 fully saturated rings. The Labute approximate surface area is 706 Å². The molecule has 0 radical (unpaired) electrons. The summed E-state index contributed by atoms with van der Waals surface area (Å²) in [7, 11) is 0. The minimum absolute atomic E-state index is 0.0182. The van der Waals surface area contributed by atoms with Gasteiger partial charge in [0.25, 0.3) is 0 Å². The van der Waals surface area contributed by atoms with Crippen LogP contribution in [0.5, 0.6) is 0 Å². The van der Waals surface area contributed by atoms with Gasteiger partial charge in [0, 0.05) is 111 Å². The first kappa shape index (κ1) is 115. The van der Waals surface area contributed by atoms with E-state index in [-0.39, 0.29) is 80.0 Å². The van der Waals surface area contributed by atoms with Crippen molar-refractivity contribution in [2.24, 2.45) is 80.8 Å². The molecule has 6 heteroatoms. The molecular weight excluding hydrogens is 1410 g/mol. The summed E-state index contributed by atoms with van der Waals surface area (Å²) in [4.78, 5) is 65.1. The van der Waals surface area contributed by atoms with E-state index < -0.39 is 0 Å². The summed E-state index contributed by atoms with van der Waals surface area (Å²) in [5.74, 6) is 66.7. The minimum atomic E-state index is -0.195. The number of rotatable bonds is 34. The molecule has 618 valence electrons. The molecule has 0 N–H and O–H groups in total. The van der Waals surface area contributed by atoms with Crippen molar-refractivity contribution in [2.45, 2.75) is 277 Å². The van der Waals surface area contributed by atoms with E-state index in [1.807, 2.05) is 146 Å². The van der Waals surface area contributed by atoms with E-state index in [1.165, 1.54) is 0 Å². The Bertz CT molecular complexity index is 4020. The average molecular weight is 1550 g/mol. The number of terminal acetylenes is 3. The molecule has 0 aliphatic rings. The van der Waals surface area contributed by atoms with Crippen LogP contribution in [0.3, 0.4) is 0 Å². The summed E-state index contributed by atoms with van der Waals surface area (Å²) in [6.07, 6.45) is 73.6. The average Bonchev–Trinajstić information content (AvgIpc) is 0.833. The van der Waals surface area contributed by atoms with E-state index >= 15 is 0 Å². The van der Waals surface area contributed by atoms with Crippen molar-refractivity contribution in [1.82, 2.24) is 0 Å². The monoisotopic (exact) mass is 1550 g/mol. The first-order chi connectivity index (χ1) is 54.0. The van der Waals surface area contributed by atoms with E-state index in [2.05, 4.69) is 258 Å². The molecule has 115 heavy (non-hydrogen) atoms. The summed E-state index contributed by atoms with van der Waals surface area (Å²) in [5.41, 5.74) is -0.371. The van der Waals surface area contributed by atoms with Gasteiger partial charge in [-0.25, -0.2) is 0 Å². The van der Waals surface area contributed by atoms with Crippen LogP contribution in [0.2, 0.25) is 0 Å². The maximum Gasteiger partial charge on any atom is 0.131 e. The minimum Gasteiger partial charge on any atom is -0.300 e. The highest BCUT2D eigenvalue weighted by Gasteiger charge is 2.33. The number of carbonyl (C=O) groups is 6. The molecule has 0 aromatic heterocycles. The Kier molecular flexibility index (Phi) is 75.3. The van der Waals surface area contributed by atoms with Gasteiger partial charge < -0.3 is 9.59 Å². The zero-order chi connectivity index (χ0) is 89.0. The van der Waals surface area contributed by atoms with E-state index in [4.69, 9.17) is 19.3 Å². The second-order valence-corrected chi connectivity index (χ2v) is 31.6. The molecule has 0 saturated heterocycles. The predicted molar refractivity (Wildman–Crippen MR) is 499 cm³/mol. The zero-order valence-electron chi connectivity index (χ0n) is 76.2. The Balaban J connectivity index is -0.000000310. The molecule has 0 saturated carbocycles. The summed E-state index contributed by atoms with van der Waals surface area (Å²) in [6, 6.07) is 0. The fraction of sp³-hybridized carbons (Fsp3) is 0.505. The van der Waals surface area contributed by atoms with Crippen LogP contribution in [0.1, 0.15) is 277 Å². The Hall–Kier alpha value is -10.4. The normalized spacial score (nSPS) is 13.7. The van der Waals surface area contributed by atoms with E-state index in [9.17, 15) is 28.8 Å². The number of allylic oxidation sites excluding steroid dienone is 24.